The van der Waals surface area contributed by atoms with Gasteiger partial charge in [0.05, 0.1) is 15.8 Å². The first-order chi connectivity index (χ1) is 13.6. The van der Waals surface area contributed by atoms with Gasteiger partial charge in [-0.1, -0.05) is 42.5 Å². The number of halogens is 1. The summed E-state index contributed by atoms with van der Waals surface area (Å²) in [5, 5.41) is 6.45. The summed E-state index contributed by atoms with van der Waals surface area (Å²) in [7, 11) is 0. The molecule has 0 atom stereocenters. The van der Waals surface area contributed by atoms with Crippen molar-refractivity contribution < 1.29 is 14.0 Å². The number of anilines is 2. The first-order valence-electron chi connectivity index (χ1n) is 8.56. The lowest BCUT2D eigenvalue weighted by Gasteiger charge is -2.11. The Kier molecular flexibility index (Phi) is 4.95. The van der Waals surface area contributed by atoms with Crippen molar-refractivity contribution in [2.75, 3.05) is 10.6 Å². The van der Waals surface area contributed by atoms with Crippen molar-refractivity contribution in [2.45, 2.75) is 0 Å². The minimum absolute atomic E-state index is 0.186. The number of amides is 2. The van der Waals surface area contributed by atoms with Gasteiger partial charge in [-0.3, -0.25) is 9.59 Å². The van der Waals surface area contributed by atoms with E-state index in [1.807, 2.05) is 24.3 Å². The molecule has 138 valence electrons. The van der Waals surface area contributed by atoms with Crippen LogP contribution < -0.4 is 10.6 Å². The lowest BCUT2D eigenvalue weighted by molar-refractivity contribution is 0.0995. The number of para-hydroxylation sites is 3. The van der Waals surface area contributed by atoms with Crippen molar-refractivity contribution in [3.63, 3.8) is 0 Å². The molecule has 0 saturated carbocycles. The second-order valence-corrected chi connectivity index (χ2v) is 6.94. The molecule has 5 nitrogen and oxygen atoms in total. The van der Waals surface area contributed by atoms with Crippen LogP contribution in [0.3, 0.4) is 0 Å². The highest BCUT2D eigenvalue weighted by atomic mass is 79.9. The van der Waals surface area contributed by atoms with E-state index in [0.717, 1.165) is 9.86 Å². The SMILES string of the molecule is O=C(Nc1ccccc1NC(=O)c1cc2cccc(Br)c2o1)c1ccccc1. The van der Waals surface area contributed by atoms with Gasteiger partial charge in [0.2, 0.25) is 0 Å². The van der Waals surface area contributed by atoms with Crippen LogP contribution in [-0.2, 0) is 0 Å². The van der Waals surface area contributed by atoms with E-state index in [-0.39, 0.29) is 11.7 Å². The van der Waals surface area contributed by atoms with E-state index in [1.165, 1.54) is 0 Å². The van der Waals surface area contributed by atoms with Gasteiger partial charge < -0.3 is 15.1 Å². The second-order valence-electron chi connectivity index (χ2n) is 6.09. The fourth-order valence-electron chi connectivity index (χ4n) is 2.81. The predicted molar refractivity (Wildman–Crippen MR) is 113 cm³/mol. The van der Waals surface area contributed by atoms with Gasteiger partial charge in [-0.2, -0.15) is 0 Å². The largest absolute Gasteiger partial charge is 0.450 e. The van der Waals surface area contributed by atoms with E-state index in [2.05, 4.69) is 26.6 Å². The predicted octanol–water partition coefficient (Wildman–Crippen LogP) is 5.70. The van der Waals surface area contributed by atoms with Crippen molar-refractivity contribution in [3.05, 3.63) is 94.7 Å². The van der Waals surface area contributed by atoms with Gasteiger partial charge in [-0.15, -0.1) is 0 Å². The normalized spacial score (nSPS) is 10.6. The van der Waals surface area contributed by atoms with E-state index in [4.69, 9.17) is 4.42 Å². The van der Waals surface area contributed by atoms with Crippen LogP contribution >= 0.6 is 15.9 Å². The maximum absolute atomic E-state index is 12.7. The maximum Gasteiger partial charge on any atom is 0.291 e. The van der Waals surface area contributed by atoms with Crippen LogP contribution in [0.2, 0.25) is 0 Å². The van der Waals surface area contributed by atoms with Gasteiger partial charge in [-0.05, 0) is 52.3 Å². The molecule has 0 unspecified atom stereocenters. The van der Waals surface area contributed by atoms with Gasteiger partial charge in [0, 0.05) is 10.9 Å². The third-order valence-electron chi connectivity index (χ3n) is 4.18. The van der Waals surface area contributed by atoms with E-state index in [0.29, 0.717) is 22.5 Å². The molecular formula is C22H15BrN2O3. The highest BCUT2D eigenvalue weighted by molar-refractivity contribution is 9.10. The summed E-state index contributed by atoms with van der Waals surface area (Å²) in [6.07, 6.45) is 0. The second kappa shape index (κ2) is 7.70. The number of carbonyl (C=O) groups excluding carboxylic acids is 2. The molecule has 0 fully saturated rings. The number of fused-ring (bicyclic) bond motifs is 1. The molecule has 2 N–H and O–H groups in total. The Balaban J connectivity index is 1.57. The van der Waals surface area contributed by atoms with Crippen LogP contribution in [0.1, 0.15) is 20.9 Å². The zero-order chi connectivity index (χ0) is 19.5. The molecule has 4 aromatic rings. The zero-order valence-electron chi connectivity index (χ0n) is 14.6. The first kappa shape index (κ1) is 18.0. The Bertz CT molecular complexity index is 1170. The number of furan rings is 1. The third-order valence-corrected chi connectivity index (χ3v) is 4.80. The van der Waals surface area contributed by atoms with Crippen molar-refractivity contribution in [2.24, 2.45) is 0 Å². The molecule has 0 spiro atoms. The van der Waals surface area contributed by atoms with E-state index in [1.54, 1.807) is 54.6 Å². The number of carbonyl (C=O) groups is 2. The smallest absolute Gasteiger partial charge is 0.291 e. The summed E-state index contributed by atoms with van der Waals surface area (Å²) in [5.41, 5.74) is 2.13. The van der Waals surface area contributed by atoms with Gasteiger partial charge in [0.15, 0.2) is 5.76 Å². The highest BCUT2D eigenvalue weighted by Gasteiger charge is 2.16. The molecule has 6 heteroatoms. The summed E-state index contributed by atoms with van der Waals surface area (Å²) >= 11 is 3.41. The number of rotatable bonds is 4. The topological polar surface area (TPSA) is 71.3 Å². The van der Waals surface area contributed by atoms with Gasteiger partial charge in [0.25, 0.3) is 11.8 Å². The summed E-state index contributed by atoms with van der Waals surface area (Å²) in [4.78, 5) is 25.1. The van der Waals surface area contributed by atoms with Crippen LogP contribution in [0.25, 0.3) is 11.0 Å². The fourth-order valence-corrected chi connectivity index (χ4v) is 3.27. The molecule has 0 aliphatic heterocycles. The van der Waals surface area contributed by atoms with E-state index in [9.17, 15) is 9.59 Å². The van der Waals surface area contributed by atoms with Crippen LogP contribution in [-0.4, -0.2) is 11.8 Å². The summed E-state index contributed by atoms with van der Waals surface area (Å²) < 4.78 is 6.45. The van der Waals surface area contributed by atoms with E-state index < -0.39 is 5.91 Å². The minimum Gasteiger partial charge on any atom is -0.450 e. The Morgan fingerprint density at radius 1 is 0.750 bits per heavy atom. The average molecular weight is 435 g/mol. The quantitative estimate of drug-likeness (QED) is 0.432. The molecule has 0 bridgehead atoms. The van der Waals surface area contributed by atoms with Crippen molar-refractivity contribution >= 4 is 50.1 Å². The van der Waals surface area contributed by atoms with Gasteiger partial charge in [-0.25, -0.2) is 0 Å². The molecule has 3 aromatic carbocycles. The standard InChI is InChI=1S/C22H15BrN2O3/c23-16-10-6-9-15-13-19(28-20(15)16)22(27)25-18-12-5-4-11-17(18)24-21(26)14-7-2-1-3-8-14/h1-13H,(H,24,26)(H,25,27). The molecule has 0 aliphatic carbocycles. The number of hydrogen-bond acceptors (Lipinski definition) is 3. The zero-order valence-corrected chi connectivity index (χ0v) is 16.2. The summed E-state index contributed by atoms with van der Waals surface area (Å²) in [5.74, 6) is -0.467. The van der Waals surface area contributed by atoms with Crippen molar-refractivity contribution in [1.82, 2.24) is 0 Å². The first-order valence-corrected chi connectivity index (χ1v) is 9.36. The lowest BCUT2D eigenvalue weighted by atomic mass is 10.2. The molecule has 2 amide bonds. The monoisotopic (exact) mass is 434 g/mol. The van der Waals surface area contributed by atoms with Gasteiger partial charge >= 0.3 is 0 Å². The molecular weight excluding hydrogens is 420 g/mol. The van der Waals surface area contributed by atoms with Crippen molar-refractivity contribution in [3.8, 4) is 0 Å². The summed E-state index contributed by atoms with van der Waals surface area (Å²) in [6.45, 7) is 0. The molecule has 1 heterocycles. The maximum atomic E-state index is 12.7. The van der Waals surface area contributed by atoms with E-state index >= 15 is 0 Å². The van der Waals surface area contributed by atoms with Gasteiger partial charge in [0.1, 0.15) is 5.58 Å². The molecule has 28 heavy (non-hydrogen) atoms. The molecule has 1 aromatic heterocycles. The average Bonchev–Trinajstić information content (AvgIpc) is 3.16. The molecule has 0 saturated heterocycles. The highest BCUT2D eigenvalue weighted by Crippen LogP contribution is 2.28. The third kappa shape index (κ3) is 3.68. The van der Waals surface area contributed by atoms with Crippen LogP contribution in [0.15, 0.2) is 87.8 Å². The lowest BCUT2D eigenvalue weighted by Crippen LogP contribution is -2.16. The molecule has 0 radical (unpaired) electrons. The Labute approximate surface area is 169 Å². The Morgan fingerprint density at radius 3 is 2.07 bits per heavy atom. The Morgan fingerprint density at radius 2 is 1.39 bits per heavy atom. The number of nitrogens with one attached hydrogen (secondary N) is 2. The van der Waals surface area contributed by atoms with Crippen LogP contribution in [0.5, 0.6) is 0 Å². The minimum atomic E-state index is -0.399. The van der Waals surface area contributed by atoms with Crippen LogP contribution in [0.4, 0.5) is 11.4 Å². The fraction of sp³-hybridized carbons (Fsp3) is 0. The number of benzene rings is 3. The number of hydrogen-bond donors (Lipinski definition) is 2. The summed E-state index contributed by atoms with van der Waals surface area (Å²) in [6, 6.07) is 23.2. The molecule has 0 aliphatic rings. The Hall–Kier alpha value is -3.38. The van der Waals surface area contributed by atoms with Crippen LogP contribution in [0, 0.1) is 0 Å². The molecule has 4 rings (SSSR count). The van der Waals surface area contributed by atoms with Crippen molar-refractivity contribution in [1.29, 1.82) is 0 Å².